The quantitative estimate of drug-likeness (QED) is 0.362. The van der Waals surface area contributed by atoms with Crippen LogP contribution in [0.15, 0.2) is 54.6 Å². The Balaban J connectivity index is 1.21. The second kappa shape index (κ2) is 11.2. The molecule has 1 fully saturated rings. The van der Waals surface area contributed by atoms with Gasteiger partial charge in [0.2, 0.25) is 0 Å². The van der Waals surface area contributed by atoms with Gasteiger partial charge in [-0.1, -0.05) is 24.6 Å². The van der Waals surface area contributed by atoms with E-state index < -0.39 is 0 Å². The minimum atomic E-state index is -0.351. The number of nitrogens with one attached hydrogen (secondary N) is 1. The highest BCUT2D eigenvalue weighted by atomic mass is 19.1. The summed E-state index contributed by atoms with van der Waals surface area (Å²) in [7, 11) is 0. The molecule has 0 spiro atoms. The smallest absolute Gasteiger partial charge is 0.165 e. The molecule has 6 heteroatoms. The molecule has 1 saturated heterocycles. The van der Waals surface area contributed by atoms with Gasteiger partial charge in [-0.25, -0.2) is 4.39 Å². The number of hydrogen-bond acceptors (Lipinski definition) is 5. The van der Waals surface area contributed by atoms with Crippen molar-refractivity contribution in [1.29, 1.82) is 0 Å². The number of anilines is 1. The first kappa shape index (κ1) is 24.4. The number of halogens is 1. The van der Waals surface area contributed by atoms with E-state index in [-0.39, 0.29) is 11.6 Å². The Morgan fingerprint density at radius 2 is 1.72 bits per heavy atom. The lowest BCUT2D eigenvalue weighted by Crippen LogP contribution is -2.33. The molecule has 3 aromatic rings. The number of aromatic hydroxyl groups is 2. The Bertz CT molecular complexity index is 1190. The highest BCUT2D eigenvalue weighted by molar-refractivity contribution is 5.57. The van der Waals surface area contributed by atoms with Gasteiger partial charge in [0.05, 0.1) is 0 Å². The second-order valence-electron chi connectivity index (χ2n) is 10.0. The van der Waals surface area contributed by atoms with E-state index in [1.807, 2.05) is 24.3 Å². The van der Waals surface area contributed by atoms with E-state index in [4.69, 9.17) is 4.74 Å². The number of hydrogen-bond donors (Lipinski definition) is 3. The molecule has 0 bridgehead atoms. The van der Waals surface area contributed by atoms with Crippen molar-refractivity contribution in [3.05, 3.63) is 82.7 Å². The first-order valence-corrected chi connectivity index (χ1v) is 13.1. The summed E-state index contributed by atoms with van der Waals surface area (Å²) in [5.74, 6) is 0.755. The third kappa shape index (κ3) is 5.93. The lowest BCUT2D eigenvalue weighted by molar-refractivity contribution is 0.180. The largest absolute Gasteiger partial charge is 0.508 e. The standard InChI is InChI=1S/C30H35FN2O3/c31-28-16-21(4-11-30(28)36-15-14-33-12-2-1-3-13-33)20-32-29-19-26(35)9-10-27(29)24-6-5-23-18-25(34)8-7-22(23)17-24/h4,7-11,16,18-19,24,32,34-35H,1-3,5-6,12-15,17,20H2. The SMILES string of the molecule is Oc1ccc2c(c1)CCC(c1ccc(O)cc1NCc1ccc(OCCN3CCCCC3)c(F)c1)C2. The highest BCUT2D eigenvalue weighted by Crippen LogP contribution is 2.38. The van der Waals surface area contributed by atoms with Crippen molar-refractivity contribution < 1.29 is 19.3 Å². The molecule has 1 heterocycles. The first-order valence-electron chi connectivity index (χ1n) is 13.1. The summed E-state index contributed by atoms with van der Waals surface area (Å²) in [6.07, 6.45) is 6.51. The molecule has 190 valence electrons. The third-order valence-corrected chi connectivity index (χ3v) is 7.49. The van der Waals surface area contributed by atoms with Crippen LogP contribution in [0.4, 0.5) is 10.1 Å². The van der Waals surface area contributed by atoms with E-state index in [1.54, 1.807) is 24.3 Å². The summed E-state index contributed by atoms with van der Waals surface area (Å²) < 4.78 is 20.4. The monoisotopic (exact) mass is 490 g/mol. The topological polar surface area (TPSA) is 65.0 Å². The normalized spacial score (nSPS) is 18.0. The Hall–Kier alpha value is -3.25. The Morgan fingerprint density at radius 1 is 0.917 bits per heavy atom. The minimum absolute atomic E-state index is 0.200. The molecular formula is C30H35FN2O3. The summed E-state index contributed by atoms with van der Waals surface area (Å²) in [6, 6.07) is 16.2. The number of likely N-dealkylation sites (tertiary alicyclic amines) is 1. The number of phenolic OH excluding ortho intramolecular Hbond substituents is 2. The predicted octanol–water partition coefficient (Wildman–Crippen LogP) is 5.99. The molecular weight excluding hydrogens is 455 g/mol. The molecule has 3 aromatic carbocycles. The van der Waals surface area contributed by atoms with Crippen LogP contribution >= 0.6 is 0 Å². The van der Waals surface area contributed by atoms with Gasteiger partial charge in [0.25, 0.3) is 0 Å². The van der Waals surface area contributed by atoms with Crippen LogP contribution in [0.3, 0.4) is 0 Å². The van der Waals surface area contributed by atoms with Gasteiger partial charge in [-0.05, 0) is 104 Å². The van der Waals surface area contributed by atoms with Crippen LogP contribution in [0.1, 0.15) is 53.9 Å². The van der Waals surface area contributed by atoms with Crippen LogP contribution in [0, 0.1) is 5.82 Å². The molecule has 0 aromatic heterocycles. The van der Waals surface area contributed by atoms with Crippen LogP contribution in [-0.2, 0) is 19.4 Å². The lowest BCUT2D eigenvalue weighted by atomic mass is 9.79. The van der Waals surface area contributed by atoms with Crippen LogP contribution in [0.25, 0.3) is 0 Å². The average molecular weight is 491 g/mol. The van der Waals surface area contributed by atoms with Crippen molar-refractivity contribution in [3.63, 3.8) is 0 Å². The summed E-state index contributed by atoms with van der Waals surface area (Å²) in [4.78, 5) is 2.38. The van der Waals surface area contributed by atoms with Crippen LogP contribution in [0.2, 0.25) is 0 Å². The highest BCUT2D eigenvalue weighted by Gasteiger charge is 2.23. The molecule has 1 aliphatic heterocycles. The number of rotatable bonds is 8. The Labute approximate surface area is 212 Å². The van der Waals surface area contributed by atoms with Crippen molar-refractivity contribution in [2.45, 2.75) is 51.0 Å². The van der Waals surface area contributed by atoms with Gasteiger partial charge < -0.3 is 20.3 Å². The maximum absolute atomic E-state index is 14.7. The molecule has 0 amide bonds. The number of fused-ring (bicyclic) bond motifs is 1. The van der Waals surface area contributed by atoms with Gasteiger partial charge in [0, 0.05) is 24.8 Å². The van der Waals surface area contributed by atoms with E-state index >= 15 is 0 Å². The number of aryl methyl sites for hydroxylation is 1. The summed E-state index contributed by atoms with van der Waals surface area (Å²) in [5.41, 5.74) is 5.28. The van der Waals surface area contributed by atoms with E-state index in [2.05, 4.69) is 10.2 Å². The zero-order valence-electron chi connectivity index (χ0n) is 20.7. The predicted molar refractivity (Wildman–Crippen MR) is 140 cm³/mol. The fourth-order valence-electron chi connectivity index (χ4n) is 5.50. The fourth-order valence-corrected chi connectivity index (χ4v) is 5.50. The van der Waals surface area contributed by atoms with Crippen molar-refractivity contribution >= 4 is 5.69 Å². The molecule has 36 heavy (non-hydrogen) atoms. The van der Waals surface area contributed by atoms with Gasteiger partial charge in [0.1, 0.15) is 18.1 Å². The zero-order chi connectivity index (χ0) is 24.9. The molecule has 1 atom stereocenters. The lowest BCUT2D eigenvalue weighted by Gasteiger charge is -2.27. The number of phenols is 2. The van der Waals surface area contributed by atoms with Crippen LogP contribution < -0.4 is 10.1 Å². The van der Waals surface area contributed by atoms with Crippen molar-refractivity contribution in [2.75, 3.05) is 31.6 Å². The molecule has 3 N–H and O–H groups in total. The average Bonchev–Trinajstić information content (AvgIpc) is 2.89. The molecule has 5 nitrogen and oxygen atoms in total. The zero-order valence-corrected chi connectivity index (χ0v) is 20.7. The molecule has 2 aliphatic rings. The third-order valence-electron chi connectivity index (χ3n) is 7.49. The van der Waals surface area contributed by atoms with Gasteiger partial charge in [-0.2, -0.15) is 0 Å². The van der Waals surface area contributed by atoms with E-state index in [0.29, 0.717) is 30.6 Å². The maximum Gasteiger partial charge on any atom is 0.165 e. The summed E-state index contributed by atoms with van der Waals surface area (Å²) in [5, 5.41) is 23.3. The van der Waals surface area contributed by atoms with Crippen molar-refractivity contribution in [2.24, 2.45) is 0 Å². The second-order valence-corrected chi connectivity index (χ2v) is 10.0. The minimum Gasteiger partial charge on any atom is -0.508 e. The van der Waals surface area contributed by atoms with Crippen LogP contribution in [0.5, 0.6) is 17.2 Å². The fraction of sp³-hybridized carbons (Fsp3) is 0.400. The number of ether oxygens (including phenoxy) is 1. The Morgan fingerprint density at radius 3 is 2.56 bits per heavy atom. The van der Waals surface area contributed by atoms with Gasteiger partial charge in [0.15, 0.2) is 11.6 Å². The summed E-state index contributed by atoms with van der Waals surface area (Å²) >= 11 is 0. The van der Waals surface area contributed by atoms with Gasteiger partial charge in [-0.3, -0.25) is 4.90 Å². The number of benzene rings is 3. The van der Waals surface area contributed by atoms with Crippen molar-refractivity contribution in [1.82, 2.24) is 4.90 Å². The van der Waals surface area contributed by atoms with Crippen LogP contribution in [-0.4, -0.2) is 41.4 Å². The summed E-state index contributed by atoms with van der Waals surface area (Å²) in [6.45, 7) is 3.97. The molecule has 0 radical (unpaired) electrons. The first-order chi connectivity index (χ1) is 17.5. The Kier molecular flexibility index (Phi) is 7.61. The van der Waals surface area contributed by atoms with E-state index in [9.17, 15) is 14.6 Å². The van der Waals surface area contributed by atoms with E-state index in [0.717, 1.165) is 55.7 Å². The number of piperidine rings is 1. The maximum atomic E-state index is 14.7. The molecule has 0 saturated carbocycles. The van der Waals surface area contributed by atoms with Gasteiger partial charge in [-0.15, -0.1) is 0 Å². The van der Waals surface area contributed by atoms with Gasteiger partial charge >= 0.3 is 0 Å². The van der Waals surface area contributed by atoms with Crippen molar-refractivity contribution in [3.8, 4) is 17.2 Å². The molecule has 5 rings (SSSR count). The molecule has 1 aliphatic carbocycles. The van der Waals surface area contributed by atoms with E-state index in [1.165, 1.54) is 36.5 Å². The number of nitrogens with zero attached hydrogens (tertiary/aromatic N) is 1. The molecule has 1 unspecified atom stereocenters.